The van der Waals surface area contributed by atoms with Crippen LogP contribution in [0.5, 0.6) is 0 Å². The van der Waals surface area contributed by atoms with Crippen LogP contribution in [0.4, 0.5) is 5.69 Å². The van der Waals surface area contributed by atoms with Gasteiger partial charge in [0.15, 0.2) is 0 Å². The minimum absolute atomic E-state index is 0.104. The molecule has 0 radical (unpaired) electrons. The molecule has 3 aromatic rings. The molecule has 0 atom stereocenters. The summed E-state index contributed by atoms with van der Waals surface area (Å²) in [6.45, 7) is 7.99. The smallest absolute Gasteiger partial charge is 0.273 e. The van der Waals surface area contributed by atoms with Crippen LogP contribution in [0.25, 0.3) is 0 Å². The first-order valence-electron chi connectivity index (χ1n) is 10.3. The van der Waals surface area contributed by atoms with Gasteiger partial charge >= 0.3 is 0 Å². The van der Waals surface area contributed by atoms with Crippen molar-refractivity contribution in [2.75, 3.05) is 18.4 Å². The van der Waals surface area contributed by atoms with Gasteiger partial charge in [-0.2, -0.15) is 0 Å². The van der Waals surface area contributed by atoms with Crippen molar-refractivity contribution >= 4 is 11.6 Å². The molecule has 0 saturated carbocycles. The number of amides is 1. The van der Waals surface area contributed by atoms with Crippen LogP contribution in [-0.2, 0) is 19.5 Å². The Morgan fingerprint density at radius 2 is 1.79 bits per heavy atom. The molecule has 1 aromatic heterocycles. The Balaban J connectivity index is 1.41. The number of para-hydroxylation sites is 1. The molecule has 150 valence electrons. The summed E-state index contributed by atoms with van der Waals surface area (Å²) in [5.41, 5.74) is 4.13. The van der Waals surface area contributed by atoms with Crippen molar-refractivity contribution in [1.29, 1.82) is 0 Å². The van der Waals surface area contributed by atoms with Crippen LogP contribution in [0, 0.1) is 0 Å². The number of anilines is 1. The van der Waals surface area contributed by atoms with Crippen LogP contribution < -0.4 is 5.32 Å². The average Bonchev–Trinajstić information content (AvgIpc) is 3.04. The number of nitrogens with zero attached hydrogens (tertiary/aromatic N) is 3. The molecular formula is C24H28N4O. The molecule has 1 aliphatic rings. The van der Waals surface area contributed by atoms with Crippen molar-refractivity contribution < 1.29 is 4.79 Å². The van der Waals surface area contributed by atoms with Gasteiger partial charge < -0.3 is 9.88 Å². The summed E-state index contributed by atoms with van der Waals surface area (Å²) in [5.74, 6) is 1.44. The third-order valence-electron chi connectivity index (χ3n) is 5.55. The molecule has 1 aliphatic heterocycles. The van der Waals surface area contributed by atoms with Gasteiger partial charge in [0.2, 0.25) is 0 Å². The Hall–Kier alpha value is -2.92. The number of carbonyl (C=O) groups excluding carboxylic acids is 1. The predicted octanol–water partition coefficient (Wildman–Crippen LogP) is 4.32. The van der Waals surface area contributed by atoms with E-state index in [0.29, 0.717) is 11.6 Å². The van der Waals surface area contributed by atoms with Crippen LogP contribution in [0.2, 0.25) is 0 Å². The summed E-state index contributed by atoms with van der Waals surface area (Å²) in [5, 5.41) is 2.97. The molecule has 5 heteroatoms. The Morgan fingerprint density at radius 3 is 2.52 bits per heavy atom. The highest BCUT2D eigenvalue weighted by Crippen LogP contribution is 2.18. The minimum atomic E-state index is -0.104. The second-order valence-corrected chi connectivity index (χ2v) is 7.95. The molecule has 0 aliphatic carbocycles. The summed E-state index contributed by atoms with van der Waals surface area (Å²) >= 11 is 0. The number of fused-ring (bicyclic) bond motifs is 1. The first-order chi connectivity index (χ1) is 14.1. The standard InChI is InChI=1S/C24H28N4O/c1-18(2)20-10-8-19(9-11-20)17-27-13-12-23-25-16-22(28(23)15-14-27)24(29)26-21-6-4-3-5-7-21/h3-11,16,18H,12-15,17H2,1-2H3,(H,26,29). The molecular weight excluding hydrogens is 360 g/mol. The Kier molecular flexibility index (Phi) is 5.76. The number of aromatic nitrogens is 2. The summed E-state index contributed by atoms with van der Waals surface area (Å²) in [7, 11) is 0. The van der Waals surface area contributed by atoms with Gasteiger partial charge in [0, 0.05) is 38.3 Å². The zero-order valence-electron chi connectivity index (χ0n) is 17.1. The summed E-state index contributed by atoms with van der Waals surface area (Å²) < 4.78 is 2.07. The van der Waals surface area contributed by atoms with E-state index in [1.165, 1.54) is 11.1 Å². The fourth-order valence-electron chi connectivity index (χ4n) is 3.80. The van der Waals surface area contributed by atoms with Gasteiger partial charge in [-0.15, -0.1) is 0 Å². The lowest BCUT2D eigenvalue weighted by Crippen LogP contribution is -2.27. The summed E-state index contributed by atoms with van der Waals surface area (Å²) in [6, 6.07) is 18.5. The van der Waals surface area contributed by atoms with E-state index in [1.807, 2.05) is 30.3 Å². The lowest BCUT2D eigenvalue weighted by Gasteiger charge is -2.20. The van der Waals surface area contributed by atoms with Crippen molar-refractivity contribution in [2.24, 2.45) is 0 Å². The molecule has 1 amide bonds. The number of carbonyl (C=O) groups is 1. The lowest BCUT2D eigenvalue weighted by atomic mass is 10.0. The van der Waals surface area contributed by atoms with Gasteiger partial charge in [0.1, 0.15) is 11.5 Å². The van der Waals surface area contributed by atoms with Crippen LogP contribution in [0.3, 0.4) is 0 Å². The van der Waals surface area contributed by atoms with Crippen molar-refractivity contribution in [3.05, 3.63) is 83.4 Å². The van der Waals surface area contributed by atoms with E-state index in [0.717, 1.165) is 44.1 Å². The Labute approximate surface area is 172 Å². The number of hydrogen-bond donors (Lipinski definition) is 1. The molecule has 0 unspecified atom stereocenters. The van der Waals surface area contributed by atoms with Gasteiger partial charge in [0.25, 0.3) is 5.91 Å². The summed E-state index contributed by atoms with van der Waals surface area (Å²) in [4.78, 5) is 19.7. The van der Waals surface area contributed by atoms with Gasteiger partial charge in [-0.1, -0.05) is 56.3 Å². The molecule has 29 heavy (non-hydrogen) atoms. The predicted molar refractivity (Wildman–Crippen MR) is 116 cm³/mol. The molecule has 0 spiro atoms. The number of imidazole rings is 1. The molecule has 2 heterocycles. The SMILES string of the molecule is CC(C)c1ccc(CN2CCc3ncc(C(=O)Nc4ccccc4)n3CC2)cc1. The number of nitrogens with one attached hydrogen (secondary N) is 1. The monoisotopic (exact) mass is 388 g/mol. The maximum absolute atomic E-state index is 12.7. The van der Waals surface area contributed by atoms with Crippen LogP contribution in [-0.4, -0.2) is 33.4 Å². The van der Waals surface area contributed by atoms with E-state index in [9.17, 15) is 4.79 Å². The lowest BCUT2D eigenvalue weighted by molar-refractivity contribution is 0.101. The van der Waals surface area contributed by atoms with E-state index < -0.39 is 0 Å². The van der Waals surface area contributed by atoms with Crippen LogP contribution in [0.1, 0.15) is 47.2 Å². The largest absolute Gasteiger partial charge is 0.323 e. The van der Waals surface area contributed by atoms with E-state index in [1.54, 1.807) is 6.20 Å². The molecule has 0 saturated heterocycles. The van der Waals surface area contributed by atoms with Gasteiger partial charge in [-0.05, 0) is 29.2 Å². The zero-order chi connectivity index (χ0) is 20.2. The molecule has 1 N–H and O–H groups in total. The van der Waals surface area contributed by atoms with Crippen molar-refractivity contribution in [2.45, 2.75) is 39.3 Å². The third kappa shape index (κ3) is 4.57. The first-order valence-corrected chi connectivity index (χ1v) is 10.3. The minimum Gasteiger partial charge on any atom is -0.323 e. The quantitative estimate of drug-likeness (QED) is 0.708. The number of rotatable bonds is 5. The normalized spacial score (nSPS) is 14.4. The highest BCUT2D eigenvalue weighted by atomic mass is 16.2. The van der Waals surface area contributed by atoms with Crippen LogP contribution >= 0.6 is 0 Å². The molecule has 4 rings (SSSR count). The topological polar surface area (TPSA) is 50.2 Å². The highest BCUT2D eigenvalue weighted by Gasteiger charge is 2.21. The van der Waals surface area contributed by atoms with Gasteiger partial charge in [0.05, 0.1) is 6.20 Å². The summed E-state index contributed by atoms with van der Waals surface area (Å²) in [6.07, 6.45) is 2.55. The molecule has 5 nitrogen and oxygen atoms in total. The maximum Gasteiger partial charge on any atom is 0.273 e. The second kappa shape index (κ2) is 8.62. The van der Waals surface area contributed by atoms with E-state index in [-0.39, 0.29) is 5.91 Å². The van der Waals surface area contributed by atoms with Gasteiger partial charge in [-0.25, -0.2) is 4.98 Å². The molecule has 0 fully saturated rings. The van der Waals surface area contributed by atoms with Crippen molar-refractivity contribution in [3.8, 4) is 0 Å². The van der Waals surface area contributed by atoms with Gasteiger partial charge in [-0.3, -0.25) is 9.69 Å². The zero-order valence-corrected chi connectivity index (χ0v) is 17.1. The highest BCUT2D eigenvalue weighted by molar-refractivity contribution is 6.03. The molecule has 2 aromatic carbocycles. The van der Waals surface area contributed by atoms with Crippen LogP contribution in [0.15, 0.2) is 60.8 Å². The average molecular weight is 389 g/mol. The Morgan fingerprint density at radius 1 is 1.03 bits per heavy atom. The van der Waals surface area contributed by atoms with E-state index >= 15 is 0 Å². The molecule has 0 bridgehead atoms. The van der Waals surface area contributed by atoms with Crippen molar-refractivity contribution in [3.63, 3.8) is 0 Å². The number of benzene rings is 2. The fourth-order valence-corrected chi connectivity index (χ4v) is 3.80. The maximum atomic E-state index is 12.7. The first kappa shape index (κ1) is 19.4. The van der Waals surface area contributed by atoms with E-state index in [2.05, 4.69) is 57.9 Å². The van der Waals surface area contributed by atoms with Crippen molar-refractivity contribution in [1.82, 2.24) is 14.5 Å². The fraction of sp³-hybridized carbons (Fsp3) is 0.333. The van der Waals surface area contributed by atoms with E-state index in [4.69, 9.17) is 0 Å². The second-order valence-electron chi connectivity index (χ2n) is 7.95. The third-order valence-corrected chi connectivity index (χ3v) is 5.55. The Bertz CT molecular complexity index is 960. The number of hydrogen-bond acceptors (Lipinski definition) is 3.